The molecule has 5 nitrogen and oxygen atoms in total. The lowest BCUT2D eigenvalue weighted by Crippen LogP contribution is -2.11. The average molecular weight is 258 g/mol. The minimum atomic E-state index is 0.263. The predicted molar refractivity (Wildman–Crippen MR) is 70.7 cm³/mol. The van der Waals surface area contributed by atoms with E-state index in [2.05, 4.69) is 28.9 Å². The zero-order valence-electron chi connectivity index (χ0n) is 10.6. The van der Waals surface area contributed by atoms with Crippen LogP contribution in [0.25, 0.3) is 0 Å². The fourth-order valence-corrected chi connectivity index (χ4v) is 2.05. The van der Waals surface area contributed by atoms with Crippen LogP contribution in [0.15, 0.2) is 0 Å². The Morgan fingerprint density at radius 3 is 2.94 bits per heavy atom. The normalized spacial score (nSPS) is 12.6. The smallest absolute Gasteiger partial charge is 0.149 e. The molecule has 0 saturated heterocycles. The second-order valence-corrected chi connectivity index (χ2v) is 4.92. The van der Waals surface area contributed by atoms with Crippen LogP contribution in [0.2, 0.25) is 0 Å². The molecule has 3 N–H and O–H groups in total. The summed E-state index contributed by atoms with van der Waals surface area (Å²) in [6, 6.07) is 0. The average Bonchev–Trinajstić information content (AvgIpc) is 2.79. The van der Waals surface area contributed by atoms with Crippen LogP contribution in [0.3, 0.4) is 0 Å². The van der Waals surface area contributed by atoms with Crippen LogP contribution in [0.1, 0.15) is 51.6 Å². The second kappa shape index (κ2) is 8.38. The molecule has 6 heteroatoms. The van der Waals surface area contributed by atoms with E-state index in [1.54, 1.807) is 0 Å². The van der Waals surface area contributed by atoms with E-state index in [1.165, 1.54) is 37.2 Å². The molecule has 17 heavy (non-hydrogen) atoms. The van der Waals surface area contributed by atoms with Crippen molar-refractivity contribution >= 4 is 16.5 Å². The van der Waals surface area contributed by atoms with E-state index in [0.29, 0.717) is 6.61 Å². The van der Waals surface area contributed by atoms with Crippen molar-refractivity contribution in [3.05, 3.63) is 5.69 Å². The minimum absolute atomic E-state index is 0.263. The van der Waals surface area contributed by atoms with Crippen molar-refractivity contribution in [2.45, 2.75) is 58.7 Å². The lowest BCUT2D eigenvalue weighted by molar-refractivity contribution is 0.0443. The van der Waals surface area contributed by atoms with Gasteiger partial charge in [0.05, 0.1) is 12.7 Å². The molecule has 0 bridgehead atoms. The maximum Gasteiger partial charge on any atom is 0.149 e. The number of anilines is 1. The Kier molecular flexibility index (Phi) is 7.07. The summed E-state index contributed by atoms with van der Waals surface area (Å²) in [5, 5.41) is 4.75. The summed E-state index contributed by atoms with van der Waals surface area (Å²) in [4.78, 5) is 0. The number of hydrazine groups is 1. The molecule has 0 aromatic carbocycles. The van der Waals surface area contributed by atoms with Gasteiger partial charge in [0.2, 0.25) is 0 Å². The lowest BCUT2D eigenvalue weighted by Gasteiger charge is -2.12. The molecule has 1 rings (SSSR count). The Morgan fingerprint density at radius 1 is 1.41 bits per heavy atom. The Bertz CT molecular complexity index is 305. The Morgan fingerprint density at radius 2 is 2.24 bits per heavy atom. The third kappa shape index (κ3) is 5.43. The first-order chi connectivity index (χ1) is 8.27. The number of nitrogens with two attached hydrogens (primary N) is 1. The van der Waals surface area contributed by atoms with E-state index >= 15 is 0 Å². The molecule has 0 fully saturated rings. The van der Waals surface area contributed by atoms with E-state index in [1.807, 2.05) is 0 Å². The Hall–Kier alpha value is -0.720. The maximum absolute atomic E-state index is 5.72. The Labute approximate surface area is 107 Å². The van der Waals surface area contributed by atoms with Crippen molar-refractivity contribution < 1.29 is 4.74 Å². The van der Waals surface area contributed by atoms with Crippen LogP contribution >= 0.6 is 11.5 Å². The number of hydrogen-bond acceptors (Lipinski definition) is 6. The van der Waals surface area contributed by atoms with E-state index in [4.69, 9.17) is 10.6 Å². The second-order valence-electron chi connectivity index (χ2n) is 4.16. The van der Waals surface area contributed by atoms with Gasteiger partial charge in [-0.05, 0) is 13.3 Å². The molecule has 0 aliphatic rings. The first-order valence-corrected chi connectivity index (χ1v) is 6.94. The lowest BCUT2D eigenvalue weighted by atomic mass is 10.1. The number of ether oxygens (including phenoxy) is 1. The number of aromatic nitrogens is 2. The van der Waals surface area contributed by atoms with Crippen molar-refractivity contribution in [3.63, 3.8) is 0 Å². The largest absolute Gasteiger partial charge is 0.372 e. The van der Waals surface area contributed by atoms with Gasteiger partial charge in [-0.1, -0.05) is 37.1 Å². The molecule has 1 unspecified atom stereocenters. The standard InChI is InChI=1S/C11H22N4OS/c1-3-4-5-6-7-9(2)16-8-10-11(13-12)17-15-14-10/h9,13H,3-8,12H2,1-2H3. The summed E-state index contributed by atoms with van der Waals surface area (Å²) in [5.41, 5.74) is 3.36. The van der Waals surface area contributed by atoms with Gasteiger partial charge in [-0.15, -0.1) is 5.10 Å². The third-order valence-electron chi connectivity index (χ3n) is 2.66. The first kappa shape index (κ1) is 14.3. The summed E-state index contributed by atoms with van der Waals surface area (Å²) in [5.74, 6) is 5.34. The van der Waals surface area contributed by atoms with Gasteiger partial charge >= 0.3 is 0 Å². The van der Waals surface area contributed by atoms with Gasteiger partial charge in [0.1, 0.15) is 10.7 Å². The predicted octanol–water partition coefficient (Wildman–Crippen LogP) is 2.70. The molecule has 0 aliphatic heterocycles. The molecule has 0 spiro atoms. The van der Waals surface area contributed by atoms with Crippen LogP contribution in [0.5, 0.6) is 0 Å². The molecule has 0 radical (unpaired) electrons. The quantitative estimate of drug-likeness (QED) is 0.405. The van der Waals surface area contributed by atoms with Gasteiger partial charge in [0, 0.05) is 11.5 Å². The van der Waals surface area contributed by atoms with Crippen LogP contribution in [-0.2, 0) is 11.3 Å². The zero-order valence-corrected chi connectivity index (χ0v) is 11.4. The number of nitrogens with zero attached hydrogens (tertiary/aromatic N) is 2. The van der Waals surface area contributed by atoms with Gasteiger partial charge in [-0.2, -0.15) is 0 Å². The van der Waals surface area contributed by atoms with Crippen molar-refractivity contribution in [3.8, 4) is 0 Å². The third-order valence-corrected chi connectivity index (χ3v) is 3.35. The molecule has 0 aliphatic carbocycles. The van der Waals surface area contributed by atoms with E-state index in [-0.39, 0.29) is 6.10 Å². The highest BCUT2D eigenvalue weighted by atomic mass is 32.1. The van der Waals surface area contributed by atoms with E-state index < -0.39 is 0 Å². The van der Waals surface area contributed by atoms with Crippen molar-refractivity contribution in [2.75, 3.05) is 5.43 Å². The zero-order chi connectivity index (χ0) is 12.5. The van der Waals surface area contributed by atoms with Crippen LogP contribution in [-0.4, -0.2) is 15.7 Å². The number of hydrogen-bond donors (Lipinski definition) is 2. The highest BCUT2D eigenvalue weighted by Gasteiger charge is 2.09. The molecular formula is C11H22N4OS. The SMILES string of the molecule is CCCCCCC(C)OCc1nnsc1NN. The summed E-state index contributed by atoms with van der Waals surface area (Å²) in [6.45, 7) is 4.79. The molecule has 1 atom stereocenters. The van der Waals surface area contributed by atoms with E-state index in [9.17, 15) is 0 Å². The van der Waals surface area contributed by atoms with Gasteiger partial charge in [-0.25, -0.2) is 5.84 Å². The van der Waals surface area contributed by atoms with Crippen molar-refractivity contribution in [2.24, 2.45) is 5.84 Å². The maximum atomic E-state index is 5.72. The number of unbranched alkanes of at least 4 members (excludes halogenated alkanes) is 3. The fraction of sp³-hybridized carbons (Fsp3) is 0.818. The Balaban J connectivity index is 2.17. The minimum Gasteiger partial charge on any atom is -0.372 e. The van der Waals surface area contributed by atoms with Gasteiger partial charge in [-0.3, -0.25) is 0 Å². The van der Waals surface area contributed by atoms with Crippen molar-refractivity contribution in [1.82, 2.24) is 9.59 Å². The van der Waals surface area contributed by atoms with Crippen molar-refractivity contribution in [1.29, 1.82) is 0 Å². The summed E-state index contributed by atoms with van der Waals surface area (Å²) in [6.07, 6.45) is 6.46. The van der Waals surface area contributed by atoms with Crippen LogP contribution in [0, 0.1) is 0 Å². The van der Waals surface area contributed by atoms with Crippen LogP contribution in [0.4, 0.5) is 5.00 Å². The topological polar surface area (TPSA) is 73.1 Å². The summed E-state index contributed by atoms with van der Waals surface area (Å²) < 4.78 is 9.54. The summed E-state index contributed by atoms with van der Waals surface area (Å²) in [7, 11) is 0. The molecule has 0 amide bonds. The molecule has 1 aromatic rings. The van der Waals surface area contributed by atoms with Gasteiger partial charge in [0.25, 0.3) is 0 Å². The fourth-order valence-electron chi connectivity index (χ4n) is 1.58. The molecule has 1 aromatic heterocycles. The van der Waals surface area contributed by atoms with Crippen LogP contribution < -0.4 is 11.3 Å². The van der Waals surface area contributed by atoms with E-state index in [0.717, 1.165) is 17.1 Å². The number of nitrogen functional groups attached to an aromatic ring is 1. The molecule has 1 heterocycles. The van der Waals surface area contributed by atoms with Gasteiger partial charge in [0.15, 0.2) is 0 Å². The number of rotatable bonds is 9. The highest BCUT2D eigenvalue weighted by molar-refractivity contribution is 7.10. The highest BCUT2D eigenvalue weighted by Crippen LogP contribution is 2.18. The first-order valence-electron chi connectivity index (χ1n) is 6.17. The molecule has 98 valence electrons. The molecule has 0 saturated carbocycles. The summed E-state index contributed by atoms with van der Waals surface area (Å²) >= 11 is 1.25. The number of nitrogens with one attached hydrogen (secondary N) is 1. The molecular weight excluding hydrogens is 236 g/mol. The monoisotopic (exact) mass is 258 g/mol. The van der Waals surface area contributed by atoms with Gasteiger partial charge < -0.3 is 10.2 Å².